The van der Waals surface area contributed by atoms with Crippen LogP contribution in [0.25, 0.3) is 11.2 Å². The normalized spacial score (nSPS) is 11.2. The number of aromatic amines is 2. The van der Waals surface area contributed by atoms with Crippen molar-refractivity contribution in [3.8, 4) is 0 Å². The second kappa shape index (κ2) is 6.95. The van der Waals surface area contributed by atoms with E-state index >= 15 is 0 Å². The SMILES string of the molecule is CCN(CC)c1ccc(/C=N\Nc2nc3nc[nH]c(=O)c3[nH]2)cc1. The third-order valence-electron chi connectivity index (χ3n) is 3.70. The van der Waals surface area contributed by atoms with Gasteiger partial charge in [-0.25, -0.2) is 10.4 Å². The molecule has 0 radical (unpaired) electrons. The van der Waals surface area contributed by atoms with E-state index in [0.717, 1.165) is 18.7 Å². The van der Waals surface area contributed by atoms with Crippen molar-refractivity contribution in [3.63, 3.8) is 0 Å². The predicted octanol–water partition coefficient (Wildman–Crippen LogP) is 1.94. The summed E-state index contributed by atoms with van der Waals surface area (Å²) in [4.78, 5) is 27.3. The Morgan fingerprint density at radius 3 is 2.67 bits per heavy atom. The molecule has 0 bridgehead atoms. The molecule has 0 aliphatic carbocycles. The Morgan fingerprint density at radius 1 is 1.25 bits per heavy atom. The number of nitrogens with zero attached hydrogens (tertiary/aromatic N) is 4. The summed E-state index contributed by atoms with van der Waals surface area (Å²) in [5.74, 6) is 0.366. The number of imidazole rings is 1. The maximum absolute atomic E-state index is 11.6. The zero-order valence-corrected chi connectivity index (χ0v) is 13.6. The number of nitrogens with one attached hydrogen (secondary N) is 3. The highest BCUT2D eigenvalue weighted by Gasteiger charge is 2.05. The number of hydrogen-bond acceptors (Lipinski definition) is 6. The lowest BCUT2D eigenvalue weighted by Crippen LogP contribution is -2.21. The lowest BCUT2D eigenvalue weighted by molar-refractivity contribution is 0.866. The van der Waals surface area contributed by atoms with Gasteiger partial charge in [0.15, 0.2) is 11.2 Å². The number of aromatic nitrogens is 4. The molecule has 0 unspecified atom stereocenters. The molecule has 0 amide bonds. The van der Waals surface area contributed by atoms with E-state index < -0.39 is 0 Å². The van der Waals surface area contributed by atoms with Crippen LogP contribution in [0, 0.1) is 0 Å². The number of hydrogen-bond donors (Lipinski definition) is 3. The Morgan fingerprint density at radius 2 is 2.00 bits per heavy atom. The fourth-order valence-corrected chi connectivity index (χ4v) is 2.42. The lowest BCUT2D eigenvalue weighted by atomic mass is 10.2. The standard InChI is InChI=1S/C16H19N7O/c1-3-23(4-2)12-7-5-11(6-8-12)9-19-22-16-20-13-14(21-16)17-10-18-15(13)24/h5-10H,3-4H2,1-2H3,(H3,17,18,20,21,22,24)/b19-9-. The van der Waals surface area contributed by atoms with Crippen LogP contribution >= 0.6 is 0 Å². The van der Waals surface area contributed by atoms with Crippen LogP contribution in [0.5, 0.6) is 0 Å². The summed E-state index contributed by atoms with van der Waals surface area (Å²) in [6.45, 7) is 6.22. The van der Waals surface area contributed by atoms with E-state index in [1.165, 1.54) is 12.0 Å². The first-order valence-electron chi connectivity index (χ1n) is 7.78. The lowest BCUT2D eigenvalue weighted by Gasteiger charge is -2.20. The Hall–Kier alpha value is -3.16. The molecule has 3 rings (SSSR count). The van der Waals surface area contributed by atoms with Gasteiger partial charge in [-0.1, -0.05) is 12.1 Å². The summed E-state index contributed by atoms with van der Waals surface area (Å²) >= 11 is 0. The molecule has 3 N–H and O–H groups in total. The third kappa shape index (κ3) is 3.27. The van der Waals surface area contributed by atoms with Gasteiger partial charge in [0.1, 0.15) is 0 Å². The molecule has 2 aromatic heterocycles. The van der Waals surface area contributed by atoms with Gasteiger partial charge in [0, 0.05) is 18.8 Å². The summed E-state index contributed by atoms with van der Waals surface area (Å²) in [6.07, 6.45) is 3.01. The Kier molecular flexibility index (Phi) is 4.55. The van der Waals surface area contributed by atoms with E-state index in [1.54, 1.807) is 6.21 Å². The predicted molar refractivity (Wildman–Crippen MR) is 95.7 cm³/mol. The Labute approximate surface area is 138 Å². The summed E-state index contributed by atoms with van der Waals surface area (Å²) in [5.41, 5.74) is 5.32. The third-order valence-corrected chi connectivity index (χ3v) is 3.70. The zero-order valence-electron chi connectivity index (χ0n) is 13.6. The minimum absolute atomic E-state index is 0.267. The molecular weight excluding hydrogens is 306 g/mol. The molecule has 0 saturated carbocycles. The number of rotatable bonds is 6. The molecule has 0 aliphatic heterocycles. The molecule has 8 nitrogen and oxygen atoms in total. The second-order valence-corrected chi connectivity index (χ2v) is 5.15. The molecular formula is C16H19N7O. The van der Waals surface area contributed by atoms with Gasteiger partial charge in [0.2, 0.25) is 5.95 Å². The fraction of sp³-hybridized carbons (Fsp3) is 0.250. The second-order valence-electron chi connectivity index (χ2n) is 5.15. The van der Waals surface area contributed by atoms with Crippen LogP contribution in [-0.2, 0) is 0 Å². The smallest absolute Gasteiger partial charge is 0.276 e. The summed E-state index contributed by atoms with van der Waals surface area (Å²) in [6, 6.07) is 8.14. The van der Waals surface area contributed by atoms with Gasteiger partial charge < -0.3 is 14.9 Å². The number of H-pyrrole nitrogens is 2. The summed E-state index contributed by atoms with van der Waals surface area (Å²) in [7, 11) is 0. The number of benzene rings is 1. The van der Waals surface area contributed by atoms with Crippen LogP contribution in [0.1, 0.15) is 19.4 Å². The van der Waals surface area contributed by atoms with E-state index in [2.05, 4.69) is 61.3 Å². The van der Waals surface area contributed by atoms with Crippen molar-refractivity contribution in [1.82, 2.24) is 19.9 Å². The highest BCUT2D eigenvalue weighted by atomic mass is 16.1. The van der Waals surface area contributed by atoms with E-state index in [9.17, 15) is 4.79 Å². The highest BCUT2D eigenvalue weighted by molar-refractivity contribution is 5.81. The zero-order chi connectivity index (χ0) is 16.9. The van der Waals surface area contributed by atoms with Gasteiger partial charge in [-0.15, -0.1) is 0 Å². The van der Waals surface area contributed by atoms with Crippen LogP contribution in [0.3, 0.4) is 0 Å². The van der Waals surface area contributed by atoms with Crippen molar-refractivity contribution in [2.24, 2.45) is 5.10 Å². The van der Waals surface area contributed by atoms with Gasteiger partial charge >= 0.3 is 0 Å². The first-order valence-corrected chi connectivity index (χ1v) is 7.78. The monoisotopic (exact) mass is 325 g/mol. The van der Waals surface area contributed by atoms with Crippen LogP contribution in [0.4, 0.5) is 11.6 Å². The molecule has 0 spiro atoms. The summed E-state index contributed by atoms with van der Waals surface area (Å²) in [5, 5.41) is 4.13. The molecule has 1 aromatic carbocycles. The quantitative estimate of drug-likeness (QED) is 0.475. The van der Waals surface area contributed by atoms with Crippen LogP contribution < -0.4 is 15.9 Å². The molecule has 2 heterocycles. The Bertz CT molecular complexity index is 891. The van der Waals surface area contributed by atoms with Crippen LogP contribution in [0.2, 0.25) is 0 Å². The molecule has 8 heteroatoms. The molecule has 0 fully saturated rings. The van der Waals surface area contributed by atoms with Gasteiger partial charge in [0.05, 0.1) is 12.5 Å². The molecule has 0 saturated heterocycles. The minimum atomic E-state index is -0.267. The fourth-order valence-electron chi connectivity index (χ4n) is 2.42. The van der Waals surface area contributed by atoms with Crippen molar-refractivity contribution in [1.29, 1.82) is 0 Å². The summed E-state index contributed by atoms with van der Waals surface area (Å²) < 4.78 is 0. The Balaban J connectivity index is 1.69. The van der Waals surface area contributed by atoms with Crippen molar-refractivity contribution in [3.05, 3.63) is 46.5 Å². The van der Waals surface area contributed by atoms with Crippen molar-refractivity contribution in [2.75, 3.05) is 23.4 Å². The van der Waals surface area contributed by atoms with Gasteiger partial charge in [-0.2, -0.15) is 10.1 Å². The number of anilines is 2. The van der Waals surface area contributed by atoms with E-state index in [0.29, 0.717) is 17.1 Å². The maximum atomic E-state index is 11.6. The van der Waals surface area contributed by atoms with E-state index in [1.807, 2.05) is 12.1 Å². The van der Waals surface area contributed by atoms with Crippen molar-refractivity contribution in [2.45, 2.75) is 13.8 Å². The van der Waals surface area contributed by atoms with E-state index in [-0.39, 0.29) is 5.56 Å². The van der Waals surface area contributed by atoms with Gasteiger partial charge in [0.25, 0.3) is 5.56 Å². The van der Waals surface area contributed by atoms with Crippen LogP contribution in [-0.4, -0.2) is 39.2 Å². The minimum Gasteiger partial charge on any atom is -0.372 e. The van der Waals surface area contributed by atoms with Crippen molar-refractivity contribution < 1.29 is 0 Å². The average Bonchev–Trinajstić information content (AvgIpc) is 3.02. The first kappa shape index (κ1) is 15.7. The molecule has 24 heavy (non-hydrogen) atoms. The number of hydrazone groups is 1. The molecule has 0 aliphatic rings. The average molecular weight is 325 g/mol. The largest absolute Gasteiger partial charge is 0.372 e. The van der Waals surface area contributed by atoms with E-state index in [4.69, 9.17) is 0 Å². The molecule has 124 valence electrons. The highest BCUT2D eigenvalue weighted by Crippen LogP contribution is 2.14. The van der Waals surface area contributed by atoms with Gasteiger partial charge in [-0.3, -0.25) is 4.79 Å². The topological polar surface area (TPSA) is 102 Å². The first-order chi connectivity index (χ1) is 11.7. The van der Waals surface area contributed by atoms with Gasteiger partial charge in [-0.05, 0) is 31.5 Å². The maximum Gasteiger partial charge on any atom is 0.276 e. The van der Waals surface area contributed by atoms with Crippen molar-refractivity contribution >= 4 is 29.0 Å². The molecule has 0 atom stereocenters. The van der Waals surface area contributed by atoms with Crippen LogP contribution in [0.15, 0.2) is 40.5 Å². The number of fused-ring (bicyclic) bond motifs is 1. The molecule has 3 aromatic rings.